The van der Waals surface area contributed by atoms with Crippen molar-refractivity contribution in [3.63, 3.8) is 0 Å². The van der Waals surface area contributed by atoms with Crippen LogP contribution in [0, 0.1) is 0 Å². The second-order valence-electron chi connectivity index (χ2n) is 4.24. The molecule has 1 atom stereocenters. The van der Waals surface area contributed by atoms with Crippen LogP contribution in [-0.4, -0.2) is 28.2 Å². The third kappa shape index (κ3) is 2.68. The summed E-state index contributed by atoms with van der Waals surface area (Å²) in [7, 11) is 0. The number of hydrogen-bond acceptors (Lipinski definition) is 5. The second-order valence-corrected chi connectivity index (χ2v) is 4.24. The maximum Gasteiger partial charge on any atom is 0.231 e. The van der Waals surface area contributed by atoms with Crippen LogP contribution in [0.2, 0.25) is 0 Å². The van der Waals surface area contributed by atoms with Crippen LogP contribution in [0.3, 0.4) is 0 Å². The van der Waals surface area contributed by atoms with Gasteiger partial charge in [0.25, 0.3) is 0 Å². The topological polar surface area (TPSA) is 63.8 Å². The first-order chi connectivity index (χ1) is 8.43. The van der Waals surface area contributed by atoms with Crippen molar-refractivity contribution >= 4 is 12.4 Å². The van der Waals surface area contributed by atoms with E-state index in [1.807, 2.05) is 12.1 Å². The zero-order valence-electron chi connectivity index (χ0n) is 9.87. The minimum absolute atomic E-state index is 0. The lowest BCUT2D eigenvalue weighted by Crippen LogP contribution is -2.28. The number of pyridine rings is 1. The Kier molecular flexibility index (Phi) is 4.28. The Bertz CT molecular complexity index is 482. The van der Waals surface area contributed by atoms with E-state index < -0.39 is 0 Å². The van der Waals surface area contributed by atoms with Crippen molar-refractivity contribution in [1.29, 1.82) is 0 Å². The third-order valence-electron chi connectivity index (χ3n) is 3.03. The molecule has 1 aliphatic heterocycles. The quantitative estimate of drug-likeness (QED) is 0.901. The SMILES string of the molecule is Cl.c1cc(-c2noc(C3CCCNC3)n2)ccn1. The number of nitrogens with zero attached hydrogens (tertiary/aromatic N) is 3. The smallest absolute Gasteiger partial charge is 0.231 e. The first kappa shape index (κ1) is 13.0. The lowest BCUT2D eigenvalue weighted by molar-refractivity contribution is 0.322. The predicted molar refractivity (Wildman–Crippen MR) is 69.6 cm³/mol. The molecule has 3 rings (SSSR count). The fourth-order valence-electron chi connectivity index (χ4n) is 2.08. The molecule has 1 fully saturated rings. The Balaban J connectivity index is 0.00000120. The molecule has 0 aromatic carbocycles. The van der Waals surface area contributed by atoms with Crippen LogP contribution >= 0.6 is 12.4 Å². The number of nitrogens with one attached hydrogen (secondary N) is 1. The van der Waals surface area contributed by atoms with Gasteiger partial charge < -0.3 is 9.84 Å². The van der Waals surface area contributed by atoms with E-state index in [1.54, 1.807) is 12.4 Å². The minimum Gasteiger partial charge on any atom is -0.339 e. The molecule has 1 saturated heterocycles. The fourth-order valence-corrected chi connectivity index (χ4v) is 2.08. The molecular weight excluding hydrogens is 252 g/mol. The lowest BCUT2D eigenvalue weighted by Gasteiger charge is -2.18. The van der Waals surface area contributed by atoms with Crippen LogP contribution in [0.1, 0.15) is 24.7 Å². The Morgan fingerprint density at radius 1 is 1.28 bits per heavy atom. The van der Waals surface area contributed by atoms with Gasteiger partial charge in [-0.05, 0) is 31.5 Å². The number of halogens is 1. The molecule has 96 valence electrons. The highest BCUT2D eigenvalue weighted by atomic mass is 35.5. The van der Waals surface area contributed by atoms with Crippen molar-refractivity contribution in [2.75, 3.05) is 13.1 Å². The number of piperidine rings is 1. The van der Waals surface area contributed by atoms with Gasteiger partial charge in [0, 0.05) is 24.5 Å². The molecule has 0 radical (unpaired) electrons. The summed E-state index contributed by atoms with van der Waals surface area (Å²) in [6.07, 6.45) is 5.74. The van der Waals surface area contributed by atoms with Crippen molar-refractivity contribution in [2.45, 2.75) is 18.8 Å². The largest absolute Gasteiger partial charge is 0.339 e. The highest BCUT2D eigenvalue weighted by molar-refractivity contribution is 5.85. The Morgan fingerprint density at radius 3 is 2.83 bits per heavy atom. The Morgan fingerprint density at radius 2 is 2.11 bits per heavy atom. The molecule has 1 unspecified atom stereocenters. The van der Waals surface area contributed by atoms with Gasteiger partial charge in [0.2, 0.25) is 11.7 Å². The highest BCUT2D eigenvalue weighted by Gasteiger charge is 2.21. The Hall–Kier alpha value is -1.46. The molecule has 2 aromatic heterocycles. The average Bonchev–Trinajstić information content (AvgIpc) is 2.90. The van der Waals surface area contributed by atoms with Crippen LogP contribution in [0.15, 0.2) is 29.0 Å². The number of aromatic nitrogens is 3. The van der Waals surface area contributed by atoms with E-state index in [0.717, 1.165) is 37.4 Å². The molecule has 0 saturated carbocycles. The summed E-state index contributed by atoms with van der Waals surface area (Å²) in [4.78, 5) is 8.43. The van der Waals surface area contributed by atoms with Crippen molar-refractivity contribution in [3.8, 4) is 11.4 Å². The van der Waals surface area contributed by atoms with E-state index in [0.29, 0.717) is 11.7 Å². The lowest BCUT2D eigenvalue weighted by atomic mass is 10.00. The van der Waals surface area contributed by atoms with Gasteiger partial charge in [-0.1, -0.05) is 5.16 Å². The maximum absolute atomic E-state index is 5.34. The molecule has 0 bridgehead atoms. The summed E-state index contributed by atoms with van der Waals surface area (Å²) in [6, 6.07) is 3.77. The molecule has 0 amide bonds. The summed E-state index contributed by atoms with van der Waals surface area (Å²) in [5.41, 5.74) is 0.943. The Labute approximate surface area is 111 Å². The normalized spacial score (nSPS) is 19.2. The van der Waals surface area contributed by atoms with Gasteiger partial charge in [-0.3, -0.25) is 4.98 Å². The molecular formula is C12H15ClN4O. The van der Waals surface area contributed by atoms with Crippen molar-refractivity contribution in [1.82, 2.24) is 20.4 Å². The molecule has 2 aromatic rings. The first-order valence-electron chi connectivity index (χ1n) is 5.88. The molecule has 1 N–H and O–H groups in total. The molecule has 0 spiro atoms. The van der Waals surface area contributed by atoms with Crippen LogP contribution in [0.25, 0.3) is 11.4 Å². The fraction of sp³-hybridized carbons (Fsp3) is 0.417. The van der Waals surface area contributed by atoms with Crippen molar-refractivity contribution in [2.24, 2.45) is 0 Å². The second kappa shape index (κ2) is 5.93. The van der Waals surface area contributed by atoms with Gasteiger partial charge in [0.15, 0.2) is 0 Å². The van der Waals surface area contributed by atoms with E-state index >= 15 is 0 Å². The minimum atomic E-state index is 0. The monoisotopic (exact) mass is 266 g/mol. The zero-order valence-corrected chi connectivity index (χ0v) is 10.7. The third-order valence-corrected chi connectivity index (χ3v) is 3.03. The van der Waals surface area contributed by atoms with Gasteiger partial charge in [-0.15, -0.1) is 12.4 Å². The van der Waals surface area contributed by atoms with Crippen LogP contribution in [-0.2, 0) is 0 Å². The van der Waals surface area contributed by atoms with Gasteiger partial charge in [0.05, 0.1) is 5.92 Å². The number of hydrogen-bond donors (Lipinski definition) is 1. The van der Waals surface area contributed by atoms with Crippen molar-refractivity contribution < 1.29 is 4.52 Å². The maximum atomic E-state index is 5.34. The summed E-state index contributed by atoms with van der Waals surface area (Å²) < 4.78 is 5.34. The highest BCUT2D eigenvalue weighted by Crippen LogP contribution is 2.23. The van der Waals surface area contributed by atoms with Crippen LogP contribution < -0.4 is 5.32 Å². The summed E-state index contributed by atoms with van der Waals surface area (Å²) in [6.45, 7) is 2.01. The molecule has 18 heavy (non-hydrogen) atoms. The summed E-state index contributed by atoms with van der Waals surface area (Å²) in [5.74, 6) is 1.74. The van der Waals surface area contributed by atoms with E-state index in [9.17, 15) is 0 Å². The van der Waals surface area contributed by atoms with Gasteiger partial charge >= 0.3 is 0 Å². The standard InChI is InChI=1S/C12H14N4O.ClH/c1-2-10(8-14-5-1)12-15-11(16-17-12)9-3-6-13-7-4-9;/h3-4,6-7,10,14H,1-2,5,8H2;1H. The van der Waals surface area contributed by atoms with E-state index in [4.69, 9.17) is 4.52 Å². The summed E-state index contributed by atoms with van der Waals surface area (Å²) in [5, 5.41) is 7.36. The molecule has 5 nitrogen and oxygen atoms in total. The summed E-state index contributed by atoms with van der Waals surface area (Å²) >= 11 is 0. The van der Waals surface area contributed by atoms with Crippen molar-refractivity contribution in [3.05, 3.63) is 30.4 Å². The number of rotatable bonds is 2. The van der Waals surface area contributed by atoms with Gasteiger partial charge in [-0.25, -0.2) is 0 Å². The zero-order chi connectivity index (χ0) is 11.5. The van der Waals surface area contributed by atoms with Crippen LogP contribution in [0.4, 0.5) is 0 Å². The molecule has 1 aliphatic rings. The average molecular weight is 267 g/mol. The van der Waals surface area contributed by atoms with Crippen LogP contribution in [0.5, 0.6) is 0 Å². The van der Waals surface area contributed by atoms with E-state index in [1.165, 1.54) is 0 Å². The molecule has 3 heterocycles. The van der Waals surface area contributed by atoms with E-state index in [-0.39, 0.29) is 12.4 Å². The van der Waals surface area contributed by atoms with E-state index in [2.05, 4.69) is 20.4 Å². The van der Waals surface area contributed by atoms with Gasteiger partial charge in [0.1, 0.15) is 0 Å². The van der Waals surface area contributed by atoms with Gasteiger partial charge in [-0.2, -0.15) is 4.98 Å². The molecule has 0 aliphatic carbocycles. The first-order valence-corrected chi connectivity index (χ1v) is 5.88. The predicted octanol–water partition coefficient (Wildman–Crippen LogP) is 2.02. The molecule has 6 heteroatoms.